The molecule has 0 atom stereocenters. The second kappa shape index (κ2) is 5.33. The van der Waals surface area contributed by atoms with E-state index in [0.717, 1.165) is 18.2 Å². The molecule has 1 aromatic carbocycles. The maximum absolute atomic E-state index is 12.6. The maximum atomic E-state index is 12.6. The Hall–Kier alpha value is -2.15. The molecule has 1 heterocycles. The van der Waals surface area contributed by atoms with Gasteiger partial charge in [0.05, 0.1) is 22.2 Å². The molecule has 0 aliphatic rings. The van der Waals surface area contributed by atoms with E-state index in [-0.39, 0.29) is 16.5 Å². The number of aryl methyl sites for hydroxylation is 1. The monoisotopic (exact) mass is 316 g/mol. The minimum absolute atomic E-state index is 0.0986. The van der Waals surface area contributed by atoms with Gasteiger partial charge in [-0.3, -0.25) is 10.1 Å². The van der Waals surface area contributed by atoms with Crippen LogP contribution in [0.2, 0.25) is 5.15 Å². The van der Waals surface area contributed by atoms with Crippen LogP contribution in [0.3, 0.4) is 0 Å². The molecule has 0 radical (unpaired) electrons. The third-order valence-corrected chi connectivity index (χ3v) is 3.01. The fourth-order valence-corrected chi connectivity index (χ4v) is 2.06. The lowest BCUT2D eigenvalue weighted by atomic mass is 10.0. The van der Waals surface area contributed by atoms with E-state index in [1.165, 1.54) is 19.1 Å². The van der Waals surface area contributed by atoms with Crippen LogP contribution in [-0.2, 0) is 6.18 Å². The molecule has 2 rings (SSSR count). The summed E-state index contributed by atoms with van der Waals surface area (Å²) < 4.78 is 37.8. The van der Waals surface area contributed by atoms with E-state index in [2.05, 4.69) is 4.98 Å². The Morgan fingerprint density at radius 3 is 2.43 bits per heavy atom. The van der Waals surface area contributed by atoms with Crippen molar-refractivity contribution in [3.8, 4) is 11.3 Å². The molecular weight excluding hydrogens is 309 g/mol. The van der Waals surface area contributed by atoms with Crippen molar-refractivity contribution in [2.75, 3.05) is 0 Å². The molecular formula is C13H8ClF3N2O2. The van der Waals surface area contributed by atoms with Crippen LogP contribution in [0.15, 0.2) is 30.3 Å². The summed E-state index contributed by atoms with van der Waals surface area (Å²) in [5.74, 6) is 0. The summed E-state index contributed by atoms with van der Waals surface area (Å²) in [6.45, 7) is 1.47. The second-order valence-electron chi connectivity index (χ2n) is 4.32. The van der Waals surface area contributed by atoms with Gasteiger partial charge in [-0.1, -0.05) is 17.7 Å². The molecule has 0 unspecified atom stereocenters. The van der Waals surface area contributed by atoms with Gasteiger partial charge in [0.15, 0.2) is 0 Å². The van der Waals surface area contributed by atoms with Crippen LogP contribution in [-0.4, -0.2) is 9.91 Å². The smallest absolute Gasteiger partial charge is 0.258 e. The number of nitro groups is 1. The highest BCUT2D eigenvalue weighted by molar-refractivity contribution is 6.29. The van der Waals surface area contributed by atoms with Crippen molar-refractivity contribution in [1.82, 2.24) is 4.98 Å². The van der Waals surface area contributed by atoms with E-state index in [9.17, 15) is 23.3 Å². The van der Waals surface area contributed by atoms with Crippen molar-refractivity contribution in [3.05, 3.63) is 56.7 Å². The predicted molar refractivity (Wildman–Crippen MR) is 71.1 cm³/mol. The highest BCUT2D eigenvalue weighted by atomic mass is 35.5. The van der Waals surface area contributed by atoms with Crippen LogP contribution < -0.4 is 0 Å². The Morgan fingerprint density at radius 1 is 1.24 bits per heavy atom. The third-order valence-electron chi connectivity index (χ3n) is 2.82. The van der Waals surface area contributed by atoms with Crippen molar-refractivity contribution >= 4 is 17.3 Å². The first kappa shape index (κ1) is 15.2. The van der Waals surface area contributed by atoms with Crippen LogP contribution in [0.5, 0.6) is 0 Å². The van der Waals surface area contributed by atoms with Crippen LogP contribution in [0, 0.1) is 17.0 Å². The fraction of sp³-hybridized carbons (Fsp3) is 0.154. The van der Waals surface area contributed by atoms with Crippen molar-refractivity contribution in [1.29, 1.82) is 0 Å². The molecule has 21 heavy (non-hydrogen) atoms. The number of halogens is 4. The molecule has 110 valence electrons. The van der Waals surface area contributed by atoms with Crippen molar-refractivity contribution in [3.63, 3.8) is 0 Å². The zero-order valence-electron chi connectivity index (χ0n) is 10.6. The molecule has 0 spiro atoms. The standard InChI is InChI=1S/C13H8ClF3N2O2/c1-7-4-8(13(15,16)17)2-3-10(7)11-5-9(19(20)21)6-12(14)18-11/h2-6H,1H3. The Labute approximate surface area is 122 Å². The first-order chi connectivity index (χ1) is 9.68. The highest BCUT2D eigenvalue weighted by Crippen LogP contribution is 2.33. The Bertz CT molecular complexity index is 717. The predicted octanol–water partition coefficient (Wildman–Crippen LogP) is 4.64. The molecule has 1 aromatic heterocycles. The summed E-state index contributed by atoms with van der Waals surface area (Å²) in [4.78, 5) is 14.1. The summed E-state index contributed by atoms with van der Waals surface area (Å²) in [6.07, 6.45) is -4.45. The lowest BCUT2D eigenvalue weighted by Crippen LogP contribution is -2.05. The van der Waals surface area contributed by atoms with Crippen LogP contribution in [0.25, 0.3) is 11.3 Å². The number of aromatic nitrogens is 1. The summed E-state index contributed by atoms with van der Waals surface area (Å²) in [5.41, 5.74) is -0.257. The van der Waals surface area contributed by atoms with Gasteiger partial charge in [0, 0.05) is 11.6 Å². The lowest BCUT2D eigenvalue weighted by molar-refractivity contribution is -0.384. The molecule has 0 saturated heterocycles. The number of rotatable bonds is 2. The average molecular weight is 317 g/mol. The Balaban J connectivity index is 2.55. The topological polar surface area (TPSA) is 56.0 Å². The van der Waals surface area contributed by atoms with E-state index in [1.54, 1.807) is 0 Å². The fourth-order valence-electron chi connectivity index (χ4n) is 1.85. The molecule has 0 N–H and O–H groups in total. The van der Waals surface area contributed by atoms with Crippen LogP contribution in [0.1, 0.15) is 11.1 Å². The average Bonchev–Trinajstić information content (AvgIpc) is 2.36. The van der Waals surface area contributed by atoms with Gasteiger partial charge in [0.25, 0.3) is 5.69 Å². The lowest BCUT2D eigenvalue weighted by Gasteiger charge is -2.11. The molecule has 0 bridgehead atoms. The number of benzene rings is 1. The second-order valence-corrected chi connectivity index (χ2v) is 4.71. The largest absolute Gasteiger partial charge is 0.416 e. The SMILES string of the molecule is Cc1cc(C(F)(F)F)ccc1-c1cc([N+](=O)[O-])cc(Cl)n1. The van der Waals surface area contributed by atoms with Gasteiger partial charge in [0.1, 0.15) is 5.15 Å². The van der Waals surface area contributed by atoms with Gasteiger partial charge in [0.2, 0.25) is 0 Å². The van der Waals surface area contributed by atoms with Crippen molar-refractivity contribution in [2.45, 2.75) is 13.1 Å². The zero-order valence-corrected chi connectivity index (χ0v) is 11.4. The number of alkyl halides is 3. The van der Waals surface area contributed by atoms with Gasteiger partial charge < -0.3 is 0 Å². The van der Waals surface area contributed by atoms with Gasteiger partial charge >= 0.3 is 6.18 Å². The van der Waals surface area contributed by atoms with Gasteiger partial charge in [-0.15, -0.1) is 0 Å². The minimum Gasteiger partial charge on any atom is -0.258 e. The molecule has 0 aliphatic heterocycles. The van der Waals surface area contributed by atoms with Crippen LogP contribution >= 0.6 is 11.6 Å². The first-order valence-corrected chi connectivity index (χ1v) is 6.06. The van der Waals surface area contributed by atoms with E-state index in [1.807, 2.05) is 0 Å². The van der Waals surface area contributed by atoms with E-state index >= 15 is 0 Å². The molecule has 0 amide bonds. The van der Waals surface area contributed by atoms with E-state index < -0.39 is 16.7 Å². The first-order valence-electron chi connectivity index (χ1n) is 5.68. The van der Waals surface area contributed by atoms with Crippen molar-refractivity contribution in [2.24, 2.45) is 0 Å². The number of nitrogens with zero attached hydrogens (tertiary/aromatic N) is 2. The van der Waals surface area contributed by atoms with Crippen molar-refractivity contribution < 1.29 is 18.1 Å². The third kappa shape index (κ3) is 3.30. The molecule has 8 heteroatoms. The zero-order chi connectivity index (χ0) is 15.8. The Kier molecular flexibility index (Phi) is 3.87. The molecule has 0 aliphatic carbocycles. The number of hydrogen-bond donors (Lipinski definition) is 0. The highest BCUT2D eigenvalue weighted by Gasteiger charge is 2.30. The van der Waals surface area contributed by atoms with Gasteiger partial charge in [-0.25, -0.2) is 4.98 Å². The number of hydrogen-bond acceptors (Lipinski definition) is 3. The molecule has 0 fully saturated rings. The van der Waals surface area contributed by atoms with E-state index in [4.69, 9.17) is 11.6 Å². The van der Waals surface area contributed by atoms with Gasteiger partial charge in [-0.2, -0.15) is 13.2 Å². The number of pyridine rings is 1. The van der Waals surface area contributed by atoms with Gasteiger partial charge in [-0.05, 0) is 24.6 Å². The maximum Gasteiger partial charge on any atom is 0.416 e. The molecule has 4 nitrogen and oxygen atoms in total. The summed E-state index contributed by atoms with van der Waals surface area (Å²) in [5, 5.41) is 10.7. The quantitative estimate of drug-likeness (QED) is 0.461. The molecule has 2 aromatic rings. The summed E-state index contributed by atoms with van der Waals surface area (Å²) in [7, 11) is 0. The summed E-state index contributed by atoms with van der Waals surface area (Å²) in [6, 6.07) is 5.33. The van der Waals surface area contributed by atoms with Crippen LogP contribution in [0.4, 0.5) is 18.9 Å². The normalized spacial score (nSPS) is 11.5. The summed E-state index contributed by atoms with van der Waals surface area (Å²) >= 11 is 5.70. The minimum atomic E-state index is -4.45. The van der Waals surface area contributed by atoms with E-state index in [0.29, 0.717) is 11.1 Å². The Morgan fingerprint density at radius 2 is 1.90 bits per heavy atom. The molecule has 0 saturated carbocycles.